The number of hydrogen-bond acceptors (Lipinski definition) is 4. The van der Waals surface area contributed by atoms with Gasteiger partial charge in [-0.05, 0) is 19.1 Å². The minimum atomic E-state index is -0.746. The van der Waals surface area contributed by atoms with Crippen LogP contribution in [0.3, 0.4) is 0 Å². The van der Waals surface area contributed by atoms with Gasteiger partial charge in [-0.25, -0.2) is 4.98 Å². The molecule has 3 rings (SSSR count). The first-order valence-corrected chi connectivity index (χ1v) is 7.25. The lowest BCUT2D eigenvalue weighted by Gasteiger charge is -2.36. The van der Waals surface area contributed by atoms with Gasteiger partial charge in [0.15, 0.2) is 0 Å². The van der Waals surface area contributed by atoms with Crippen LogP contribution < -0.4 is 0 Å². The molecule has 0 radical (unpaired) electrons. The lowest BCUT2D eigenvalue weighted by Crippen LogP contribution is -2.51. The molecule has 2 aromatic heterocycles. The van der Waals surface area contributed by atoms with Crippen molar-refractivity contribution in [2.45, 2.75) is 19.5 Å². The Morgan fingerprint density at radius 2 is 2.10 bits per heavy atom. The average Bonchev–Trinajstić information content (AvgIpc) is 2.89. The van der Waals surface area contributed by atoms with Gasteiger partial charge in [0, 0.05) is 45.1 Å². The summed E-state index contributed by atoms with van der Waals surface area (Å²) in [6, 6.07) is 5.57. The Kier molecular flexibility index (Phi) is 3.90. The smallest absolute Gasteiger partial charge is 0.320 e. The molecule has 1 fully saturated rings. The average molecular weight is 288 g/mol. The van der Waals surface area contributed by atoms with Crippen molar-refractivity contribution < 1.29 is 9.90 Å². The van der Waals surface area contributed by atoms with E-state index >= 15 is 0 Å². The van der Waals surface area contributed by atoms with E-state index in [4.69, 9.17) is 5.11 Å². The lowest BCUT2D eigenvalue weighted by molar-refractivity contribution is -0.143. The highest BCUT2D eigenvalue weighted by molar-refractivity contribution is 5.72. The van der Waals surface area contributed by atoms with Crippen molar-refractivity contribution in [1.29, 1.82) is 0 Å². The molecule has 1 aliphatic rings. The number of fused-ring (bicyclic) bond motifs is 1. The number of aromatic nitrogens is 2. The number of rotatable bonds is 4. The summed E-state index contributed by atoms with van der Waals surface area (Å²) < 4.78 is 2.03. The predicted molar refractivity (Wildman–Crippen MR) is 79.1 cm³/mol. The zero-order valence-corrected chi connectivity index (χ0v) is 12.1. The number of pyridine rings is 1. The van der Waals surface area contributed by atoms with Crippen LogP contribution in [0.5, 0.6) is 0 Å². The topological polar surface area (TPSA) is 61.1 Å². The van der Waals surface area contributed by atoms with E-state index < -0.39 is 12.0 Å². The third-order valence-electron chi connectivity index (χ3n) is 4.11. The molecule has 3 heterocycles. The SMILES string of the molecule is C[C@H](C(=O)O)N1CCN(Cc2cn3ccccc3n2)CC1. The maximum atomic E-state index is 11.0. The quantitative estimate of drug-likeness (QED) is 0.906. The van der Waals surface area contributed by atoms with E-state index in [0.29, 0.717) is 0 Å². The lowest BCUT2D eigenvalue weighted by atomic mass is 10.2. The van der Waals surface area contributed by atoms with E-state index in [-0.39, 0.29) is 0 Å². The summed E-state index contributed by atoms with van der Waals surface area (Å²) in [6.07, 6.45) is 4.06. The van der Waals surface area contributed by atoms with Crippen LogP contribution in [0, 0.1) is 0 Å². The zero-order valence-electron chi connectivity index (χ0n) is 12.1. The van der Waals surface area contributed by atoms with Gasteiger partial charge in [-0.2, -0.15) is 0 Å². The highest BCUT2D eigenvalue weighted by atomic mass is 16.4. The van der Waals surface area contributed by atoms with Crippen LogP contribution in [0.2, 0.25) is 0 Å². The Hall–Kier alpha value is -1.92. The van der Waals surface area contributed by atoms with E-state index in [1.165, 1.54) is 0 Å². The first kappa shape index (κ1) is 14.0. The Labute approximate surface area is 123 Å². The Morgan fingerprint density at radius 1 is 1.33 bits per heavy atom. The van der Waals surface area contributed by atoms with Gasteiger partial charge < -0.3 is 9.51 Å². The van der Waals surface area contributed by atoms with Crippen molar-refractivity contribution in [2.24, 2.45) is 0 Å². The summed E-state index contributed by atoms with van der Waals surface area (Å²) in [5.74, 6) is -0.746. The normalized spacial score (nSPS) is 18.9. The monoisotopic (exact) mass is 288 g/mol. The maximum Gasteiger partial charge on any atom is 0.320 e. The number of piperazine rings is 1. The third-order valence-corrected chi connectivity index (χ3v) is 4.11. The van der Waals surface area contributed by atoms with E-state index in [2.05, 4.69) is 16.1 Å². The van der Waals surface area contributed by atoms with Crippen LogP contribution >= 0.6 is 0 Å². The van der Waals surface area contributed by atoms with E-state index in [1.54, 1.807) is 6.92 Å². The second kappa shape index (κ2) is 5.83. The van der Waals surface area contributed by atoms with E-state index in [0.717, 1.165) is 44.1 Å². The van der Waals surface area contributed by atoms with Crippen molar-refractivity contribution in [3.8, 4) is 0 Å². The fourth-order valence-electron chi connectivity index (χ4n) is 2.76. The van der Waals surface area contributed by atoms with Crippen molar-refractivity contribution in [3.05, 3.63) is 36.3 Å². The molecule has 6 heteroatoms. The van der Waals surface area contributed by atoms with Crippen LogP contribution in [0.25, 0.3) is 5.65 Å². The van der Waals surface area contributed by atoms with Gasteiger partial charge in [0.05, 0.1) is 5.69 Å². The maximum absolute atomic E-state index is 11.0. The summed E-state index contributed by atoms with van der Waals surface area (Å²) >= 11 is 0. The van der Waals surface area contributed by atoms with Gasteiger partial charge in [-0.15, -0.1) is 0 Å². The molecule has 0 bridgehead atoms. The fraction of sp³-hybridized carbons (Fsp3) is 0.467. The van der Waals surface area contributed by atoms with E-state index in [1.807, 2.05) is 33.7 Å². The predicted octanol–water partition coefficient (Wildman–Crippen LogP) is 0.925. The van der Waals surface area contributed by atoms with Gasteiger partial charge in [0.1, 0.15) is 11.7 Å². The fourth-order valence-corrected chi connectivity index (χ4v) is 2.76. The van der Waals surface area contributed by atoms with Crippen LogP contribution in [-0.4, -0.2) is 62.5 Å². The number of carboxylic acids is 1. The molecule has 2 aromatic rings. The van der Waals surface area contributed by atoms with Crippen LogP contribution in [0.1, 0.15) is 12.6 Å². The largest absolute Gasteiger partial charge is 0.480 e. The van der Waals surface area contributed by atoms with Crippen molar-refractivity contribution in [2.75, 3.05) is 26.2 Å². The summed E-state index contributed by atoms with van der Waals surface area (Å²) in [5, 5.41) is 9.05. The number of carboxylic acid groups (broad SMARTS) is 1. The number of carbonyl (C=O) groups is 1. The van der Waals surface area contributed by atoms with Crippen molar-refractivity contribution >= 4 is 11.6 Å². The summed E-state index contributed by atoms with van der Waals surface area (Å²) in [6.45, 7) is 5.91. The molecule has 0 spiro atoms. The molecule has 112 valence electrons. The second-order valence-electron chi connectivity index (χ2n) is 5.52. The highest BCUT2D eigenvalue weighted by Crippen LogP contribution is 2.11. The molecular weight excluding hydrogens is 268 g/mol. The zero-order chi connectivity index (χ0) is 14.8. The standard InChI is InChI=1S/C15H20N4O2/c1-12(15(20)21)18-8-6-17(7-9-18)10-13-11-19-5-3-2-4-14(19)16-13/h2-5,11-12H,6-10H2,1H3,(H,20,21)/t12-/m1/s1. The number of aliphatic carboxylic acids is 1. The van der Waals surface area contributed by atoms with Crippen molar-refractivity contribution in [3.63, 3.8) is 0 Å². The van der Waals surface area contributed by atoms with Crippen LogP contribution in [-0.2, 0) is 11.3 Å². The molecule has 21 heavy (non-hydrogen) atoms. The highest BCUT2D eigenvalue weighted by Gasteiger charge is 2.25. The molecule has 1 N–H and O–H groups in total. The first-order chi connectivity index (χ1) is 10.1. The van der Waals surface area contributed by atoms with Gasteiger partial charge in [0.25, 0.3) is 0 Å². The summed E-state index contributed by atoms with van der Waals surface area (Å²) in [4.78, 5) is 19.9. The minimum Gasteiger partial charge on any atom is -0.480 e. The molecule has 6 nitrogen and oxygen atoms in total. The Balaban J connectivity index is 1.59. The summed E-state index contributed by atoms with van der Waals surface area (Å²) in [7, 11) is 0. The molecule has 0 aliphatic carbocycles. The molecule has 1 aliphatic heterocycles. The Morgan fingerprint density at radius 3 is 2.76 bits per heavy atom. The van der Waals surface area contributed by atoms with Crippen LogP contribution in [0.15, 0.2) is 30.6 Å². The number of nitrogens with zero attached hydrogens (tertiary/aromatic N) is 4. The third kappa shape index (κ3) is 3.06. The molecule has 1 atom stereocenters. The number of hydrogen-bond donors (Lipinski definition) is 1. The first-order valence-electron chi connectivity index (χ1n) is 7.25. The second-order valence-corrected chi connectivity index (χ2v) is 5.52. The van der Waals surface area contributed by atoms with Gasteiger partial charge >= 0.3 is 5.97 Å². The van der Waals surface area contributed by atoms with Crippen molar-refractivity contribution in [1.82, 2.24) is 19.2 Å². The molecule has 1 saturated heterocycles. The molecule has 0 unspecified atom stereocenters. The summed E-state index contributed by atoms with van der Waals surface area (Å²) in [5.41, 5.74) is 2.02. The molecule has 0 aromatic carbocycles. The Bertz CT molecular complexity index is 598. The molecule has 0 amide bonds. The number of imidazole rings is 1. The van der Waals surface area contributed by atoms with E-state index in [9.17, 15) is 4.79 Å². The van der Waals surface area contributed by atoms with Gasteiger partial charge in [0.2, 0.25) is 0 Å². The van der Waals surface area contributed by atoms with Gasteiger partial charge in [-0.1, -0.05) is 6.07 Å². The molecular formula is C15H20N4O2. The van der Waals surface area contributed by atoms with Crippen LogP contribution in [0.4, 0.5) is 0 Å². The molecule has 0 saturated carbocycles. The minimum absolute atomic E-state index is 0.401. The van der Waals surface area contributed by atoms with Gasteiger partial charge in [-0.3, -0.25) is 14.6 Å².